The second kappa shape index (κ2) is 30.1. The molecule has 2 heterocycles. The lowest BCUT2D eigenvalue weighted by Crippen LogP contribution is -2.31. The molecule has 56 heavy (non-hydrogen) atoms. The van der Waals surface area contributed by atoms with Gasteiger partial charge in [-0.15, -0.1) is 0 Å². The van der Waals surface area contributed by atoms with Gasteiger partial charge in [-0.2, -0.15) is 0 Å². The molecule has 6 amide bonds. The Kier molecular flexibility index (Phi) is 25.3. The van der Waals surface area contributed by atoms with Crippen LogP contribution in [0.5, 0.6) is 0 Å². The molecule has 0 atom stereocenters. The molecule has 314 valence electrons. The highest BCUT2D eigenvalue weighted by Crippen LogP contribution is 2.11. The van der Waals surface area contributed by atoms with E-state index in [0.29, 0.717) is 50.8 Å². The molecule has 0 bridgehead atoms. The van der Waals surface area contributed by atoms with Crippen LogP contribution >= 0.6 is 0 Å². The number of unbranched alkanes of at least 4 members (excludes halogenated alkanes) is 15. The minimum absolute atomic E-state index is 0.114. The summed E-state index contributed by atoms with van der Waals surface area (Å²) in [5, 5.41) is 16.0. The van der Waals surface area contributed by atoms with Crippen molar-refractivity contribution in [1.82, 2.24) is 41.2 Å². The molecule has 0 radical (unpaired) electrons. The number of carbonyl (C=O) groups is 4. The Labute approximate surface area is 329 Å². The average molecular weight is 789 g/mol. The number of aromatic amines is 2. The highest BCUT2D eigenvalue weighted by molar-refractivity contribution is 5.87. The van der Waals surface area contributed by atoms with Crippen LogP contribution in [0.25, 0.3) is 0 Å². The van der Waals surface area contributed by atoms with Gasteiger partial charge in [0, 0.05) is 49.7 Å². The fraction of sp³-hybridized carbons (Fsp3) is 0.684. The van der Waals surface area contributed by atoms with E-state index in [2.05, 4.69) is 51.8 Å². The molecule has 18 heteroatoms. The van der Waals surface area contributed by atoms with E-state index >= 15 is 0 Å². The summed E-state index contributed by atoms with van der Waals surface area (Å²) in [6.45, 7) is 6.29. The lowest BCUT2D eigenvalue weighted by Gasteiger charge is -2.08. The molecule has 0 saturated heterocycles. The fourth-order valence-corrected chi connectivity index (χ4v) is 5.62. The van der Waals surface area contributed by atoms with Crippen LogP contribution in [0.2, 0.25) is 0 Å². The Morgan fingerprint density at radius 1 is 0.482 bits per heavy atom. The number of hydrogen-bond donors (Lipinski definition) is 8. The van der Waals surface area contributed by atoms with Crippen molar-refractivity contribution in [3.05, 3.63) is 44.2 Å². The van der Waals surface area contributed by atoms with Crippen molar-refractivity contribution >= 4 is 36.1 Å². The molecular formula is C38H64N10O8. The number of ether oxygens (including phenoxy) is 2. The van der Waals surface area contributed by atoms with Gasteiger partial charge in [-0.25, -0.2) is 29.1 Å². The summed E-state index contributed by atoms with van der Waals surface area (Å²) in [5.41, 5.74) is 0.395. The van der Waals surface area contributed by atoms with Gasteiger partial charge in [-0.05, 0) is 52.4 Å². The number of rotatable bonds is 29. The van der Waals surface area contributed by atoms with Crippen LogP contribution in [0.4, 0.5) is 31.1 Å². The third-order valence-electron chi connectivity index (χ3n) is 8.53. The van der Waals surface area contributed by atoms with E-state index in [1.807, 2.05) is 0 Å². The first-order valence-electron chi connectivity index (χ1n) is 20.2. The third kappa shape index (κ3) is 25.8. The van der Waals surface area contributed by atoms with Crippen molar-refractivity contribution in [3.63, 3.8) is 0 Å². The van der Waals surface area contributed by atoms with Gasteiger partial charge in [-0.1, -0.05) is 77.0 Å². The van der Waals surface area contributed by atoms with Gasteiger partial charge < -0.3 is 30.7 Å². The average Bonchev–Trinajstić information content (AvgIpc) is 3.13. The van der Waals surface area contributed by atoms with E-state index in [0.717, 1.165) is 89.9 Å². The van der Waals surface area contributed by atoms with E-state index in [9.17, 15) is 28.8 Å². The number of urea groups is 2. The largest absolute Gasteiger partial charge is 0.450 e. The second-order valence-corrected chi connectivity index (χ2v) is 13.7. The van der Waals surface area contributed by atoms with Gasteiger partial charge in [0.15, 0.2) is 0 Å². The number of amides is 6. The molecule has 8 N–H and O–H groups in total. The number of nitrogens with one attached hydrogen (secondary N) is 8. The van der Waals surface area contributed by atoms with Gasteiger partial charge >= 0.3 is 24.2 Å². The summed E-state index contributed by atoms with van der Waals surface area (Å²) in [6.07, 6.45) is 16.9. The van der Waals surface area contributed by atoms with Crippen molar-refractivity contribution in [2.45, 2.75) is 129 Å². The van der Waals surface area contributed by atoms with Gasteiger partial charge in [0.2, 0.25) is 11.9 Å². The Hall–Kier alpha value is -5.16. The van der Waals surface area contributed by atoms with Crippen LogP contribution in [0, 0.1) is 13.8 Å². The third-order valence-corrected chi connectivity index (χ3v) is 8.53. The zero-order valence-electron chi connectivity index (χ0n) is 33.3. The first-order valence-corrected chi connectivity index (χ1v) is 20.2. The summed E-state index contributed by atoms with van der Waals surface area (Å²) >= 11 is 0. The molecule has 2 aromatic rings. The summed E-state index contributed by atoms with van der Waals surface area (Å²) in [4.78, 5) is 83.4. The first-order chi connectivity index (χ1) is 27.1. The number of alkyl carbamates (subject to hydrolysis) is 2. The molecule has 0 spiro atoms. The minimum Gasteiger partial charge on any atom is -0.450 e. The maximum absolute atomic E-state index is 11.9. The van der Waals surface area contributed by atoms with Gasteiger partial charge in [0.25, 0.3) is 11.1 Å². The lowest BCUT2D eigenvalue weighted by molar-refractivity contribution is 0.142. The molecule has 0 unspecified atom stereocenters. The Morgan fingerprint density at radius 3 is 1.12 bits per heavy atom. The molecule has 0 aliphatic rings. The highest BCUT2D eigenvalue weighted by atomic mass is 16.6. The molecule has 0 aliphatic carbocycles. The zero-order valence-corrected chi connectivity index (χ0v) is 33.3. The Morgan fingerprint density at radius 2 is 0.786 bits per heavy atom. The van der Waals surface area contributed by atoms with E-state index in [4.69, 9.17) is 9.47 Å². The maximum Gasteiger partial charge on any atom is 0.407 e. The fourth-order valence-electron chi connectivity index (χ4n) is 5.62. The number of H-pyrrole nitrogens is 2. The number of carbonyl (C=O) groups excluding carboxylic acids is 4. The quantitative estimate of drug-likeness (QED) is 0.0454. The normalized spacial score (nSPS) is 10.7. The number of aromatic nitrogens is 4. The number of nitrogens with zero attached hydrogens (tertiary/aromatic N) is 2. The molecular weight excluding hydrogens is 724 g/mol. The van der Waals surface area contributed by atoms with Gasteiger partial charge in [0.05, 0.1) is 13.2 Å². The van der Waals surface area contributed by atoms with Crippen molar-refractivity contribution in [2.24, 2.45) is 0 Å². The summed E-state index contributed by atoms with van der Waals surface area (Å²) in [7, 11) is 0. The molecule has 0 aromatic carbocycles. The van der Waals surface area contributed by atoms with Crippen molar-refractivity contribution in [3.8, 4) is 0 Å². The van der Waals surface area contributed by atoms with Crippen LogP contribution in [0.15, 0.2) is 21.7 Å². The molecule has 2 aromatic heterocycles. The van der Waals surface area contributed by atoms with Crippen LogP contribution in [-0.2, 0) is 9.47 Å². The van der Waals surface area contributed by atoms with E-state index in [-0.39, 0.29) is 35.2 Å². The summed E-state index contributed by atoms with van der Waals surface area (Å²) in [5.74, 6) is 0.228. The number of hydrogen-bond acceptors (Lipinski definition) is 10. The Balaban J connectivity index is 1.24. The summed E-state index contributed by atoms with van der Waals surface area (Å²) < 4.78 is 10.5. The van der Waals surface area contributed by atoms with Crippen molar-refractivity contribution in [2.75, 3.05) is 50.0 Å². The molecule has 0 saturated carbocycles. The first kappa shape index (κ1) is 47.0. The van der Waals surface area contributed by atoms with Gasteiger partial charge in [0.1, 0.15) is 0 Å². The molecule has 0 fully saturated rings. The van der Waals surface area contributed by atoms with Crippen LogP contribution < -0.4 is 43.0 Å². The van der Waals surface area contributed by atoms with E-state index in [1.54, 1.807) is 13.8 Å². The number of aryl methyl sites for hydroxylation is 2. The van der Waals surface area contributed by atoms with Crippen molar-refractivity contribution < 1.29 is 28.7 Å². The topological polar surface area (TPSA) is 250 Å². The predicted octanol–water partition coefficient (Wildman–Crippen LogP) is 5.89. The van der Waals surface area contributed by atoms with Gasteiger partial charge in [-0.3, -0.25) is 30.2 Å². The standard InChI is InChI=1S/C38H64N10O8/c1-29-27-31(49)45-33(43-29)47-35(51)39-21-15-9-11-17-23-41-37(53)55-25-19-13-7-5-3-4-6-8-14-20-26-56-38(54)42-24-18-12-10-16-22-40-36(52)48-34-44-30(2)28-32(50)46-34/h27-28H,3-26H2,1-2H3,(H,41,53)(H,42,54)(H3,39,43,45,47,49,51)(H3,40,44,46,48,50,52). The molecule has 0 aliphatic heterocycles. The highest BCUT2D eigenvalue weighted by Gasteiger charge is 2.07. The zero-order chi connectivity index (χ0) is 40.6. The van der Waals surface area contributed by atoms with Crippen LogP contribution in [-0.4, -0.2) is 83.6 Å². The van der Waals surface area contributed by atoms with Crippen LogP contribution in [0.1, 0.15) is 127 Å². The van der Waals surface area contributed by atoms with E-state index < -0.39 is 12.1 Å². The second-order valence-electron chi connectivity index (χ2n) is 13.7. The predicted molar refractivity (Wildman–Crippen MR) is 215 cm³/mol. The van der Waals surface area contributed by atoms with Crippen LogP contribution in [0.3, 0.4) is 0 Å². The van der Waals surface area contributed by atoms with Crippen molar-refractivity contribution in [1.29, 1.82) is 0 Å². The minimum atomic E-state index is -0.424. The molecule has 2 rings (SSSR count). The number of anilines is 2. The SMILES string of the molecule is Cc1cc(=O)[nH]c(NC(=O)NCCCCCCNC(=O)OCCCCCCCCCCCCOC(=O)NCCCCCCNC(=O)Nc2nc(C)cc(=O)[nH]2)n1. The lowest BCUT2D eigenvalue weighted by atomic mass is 10.1. The molecule has 18 nitrogen and oxygen atoms in total. The maximum atomic E-state index is 11.9. The summed E-state index contributed by atoms with van der Waals surface area (Å²) in [6, 6.07) is 1.85. The monoisotopic (exact) mass is 788 g/mol. The smallest absolute Gasteiger partial charge is 0.407 e. The van der Waals surface area contributed by atoms with E-state index in [1.165, 1.54) is 37.8 Å². The Bertz CT molecular complexity index is 1440.